The van der Waals surface area contributed by atoms with Gasteiger partial charge in [-0.1, -0.05) is 66.7 Å². The zero-order chi connectivity index (χ0) is 21.1. The van der Waals surface area contributed by atoms with Crippen LogP contribution < -0.4 is 4.90 Å². The number of aryl methyl sites for hydroxylation is 2. The summed E-state index contributed by atoms with van der Waals surface area (Å²) in [6.07, 6.45) is 0.601. The highest BCUT2D eigenvalue weighted by Crippen LogP contribution is 2.27. The predicted octanol–water partition coefficient (Wildman–Crippen LogP) is 4.75. The summed E-state index contributed by atoms with van der Waals surface area (Å²) in [4.78, 5) is 22.2. The second-order valence-corrected chi connectivity index (χ2v) is 7.92. The third-order valence-corrected chi connectivity index (χ3v) is 5.60. The summed E-state index contributed by atoms with van der Waals surface area (Å²) < 4.78 is 0. The van der Waals surface area contributed by atoms with Gasteiger partial charge in [0, 0.05) is 20.0 Å². The van der Waals surface area contributed by atoms with Crippen LogP contribution in [-0.2, 0) is 17.8 Å². The van der Waals surface area contributed by atoms with E-state index in [1.54, 1.807) is 4.90 Å². The minimum atomic E-state index is -0.415. The molecule has 0 spiro atoms. The van der Waals surface area contributed by atoms with Gasteiger partial charge in [0.05, 0.1) is 5.69 Å². The van der Waals surface area contributed by atoms with Crippen molar-refractivity contribution in [2.45, 2.75) is 32.9 Å². The van der Waals surface area contributed by atoms with Crippen molar-refractivity contribution in [2.75, 3.05) is 11.9 Å². The fourth-order valence-corrected chi connectivity index (χ4v) is 3.77. The smallest absolute Gasteiger partial charge is 0.259 e. The van der Waals surface area contributed by atoms with Crippen LogP contribution >= 0.6 is 0 Å². The molecule has 0 bridgehead atoms. The summed E-state index contributed by atoms with van der Waals surface area (Å²) in [5.74, 6) is 0.727. The molecule has 4 nitrogen and oxygen atoms in total. The number of benzene rings is 3. The number of hydrogen-bond acceptors (Lipinski definition) is 3. The molecular weight excluding hydrogens is 370 g/mol. The van der Waals surface area contributed by atoms with E-state index in [2.05, 4.69) is 55.1 Å². The molecule has 0 N–H and O–H groups in total. The Bertz CT molecular complexity index is 1060. The van der Waals surface area contributed by atoms with Gasteiger partial charge in [-0.15, -0.1) is 0 Å². The monoisotopic (exact) mass is 397 g/mol. The van der Waals surface area contributed by atoms with Crippen LogP contribution in [0.2, 0.25) is 0 Å². The molecular formula is C26H27N3O. The number of nitrogens with zero attached hydrogens (tertiary/aromatic N) is 3. The molecule has 0 aliphatic carbocycles. The van der Waals surface area contributed by atoms with Gasteiger partial charge in [-0.3, -0.25) is 4.79 Å². The average molecular weight is 398 g/mol. The zero-order valence-electron chi connectivity index (χ0n) is 17.7. The lowest BCUT2D eigenvalue weighted by Crippen LogP contribution is -2.43. The van der Waals surface area contributed by atoms with Crippen LogP contribution in [0.1, 0.15) is 22.3 Å². The molecule has 1 aliphatic rings. The van der Waals surface area contributed by atoms with E-state index < -0.39 is 6.04 Å². The van der Waals surface area contributed by atoms with Crippen LogP contribution in [0.15, 0.2) is 83.9 Å². The van der Waals surface area contributed by atoms with Crippen molar-refractivity contribution in [3.05, 3.63) is 101 Å². The molecule has 0 aromatic heterocycles. The summed E-state index contributed by atoms with van der Waals surface area (Å²) >= 11 is 0. The van der Waals surface area contributed by atoms with Crippen molar-refractivity contribution in [2.24, 2.45) is 4.99 Å². The van der Waals surface area contributed by atoms with Gasteiger partial charge >= 0.3 is 0 Å². The number of carbonyl (C=O) groups is 1. The van der Waals surface area contributed by atoms with E-state index in [0.29, 0.717) is 18.9 Å². The molecule has 4 rings (SSSR count). The Morgan fingerprint density at radius 1 is 0.867 bits per heavy atom. The van der Waals surface area contributed by atoms with Crippen LogP contribution in [-0.4, -0.2) is 29.9 Å². The van der Waals surface area contributed by atoms with E-state index in [1.807, 2.05) is 49.5 Å². The summed E-state index contributed by atoms with van der Waals surface area (Å²) in [7, 11) is 2.00. The van der Waals surface area contributed by atoms with Crippen LogP contribution in [0.3, 0.4) is 0 Å². The molecule has 1 atom stereocenters. The highest BCUT2D eigenvalue weighted by molar-refractivity contribution is 6.22. The standard InChI is InChI=1S/C26H27N3O/c1-19-14-15-23(16-20(19)2)29-25(30)24(17-21-10-6-4-7-11-21)27-26(29)28(3)18-22-12-8-5-9-13-22/h4-16,24H,17-18H2,1-3H3. The van der Waals surface area contributed by atoms with E-state index in [4.69, 9.17) is 4.99 Å². The lowest BCUT2D eigenvalue weighted by Gasteiger charge is -2.27. The van der Waals surface area contributed by atoms with Gasteiger partial charge in [0.1, 0.15) is 6.04 Å². The first-order chi connectivity index (χ1) is 14.5. The minimum absolute atomic E-state index is 0.0250. The number of carbonyl (C=O) groups excluding carboxylic acids is 1. The number of hydrogen-bond donors (Lipinski definition) is 0. The molecule has 1 heterocycles. The maximum Gasteiger partial charge on any atom is 0.259 e. The molecule has 3 aromatic carbocycles. The molecule has 0 radical (unpaired) electrons. The van der Waals surface area contributed by atoms with E-state index >= 15 is 0 Å². The van der Waals surface area contributed by atoms with Gasteiger partial charge in [-0.05, 0) is 48.2 Å². The molecule has 1 amide bonds. The maximum absolute atomic E-state index is 13.5. The van der Waals surface area contributed by atoms with E-state index in [-0.39, 0.29) is 5.91 Å². The Balaban J connectivity index is 1.67. The van der Waals surface area contributed by atoms with Crippen LogP contribution in [0.5, 0.6) is 0 Å². The highest BCUT2D eigenvalue weighted by atomic mass is 16.2. The largest absolute Gasteiger partial charge is 0.341 e. The summed E-state index contributed by atoms with van der Waals surface area (Å²) in [6.45, 7) is 4.84. The first-order valence-electron chi connectivity index (χ1n) is 10.3. The molecule has 152 valence electrons. The number of guanidine groups is 1. The lowest BCUT2D eigenvalue weighted by atomic mass is 10.1. The normalized spacial score (nSPS) is 16.0. The molecule has 0 fully saturated rings. The second kappa shape index (κ2) is 8.54. The van der Waals surface area contributed by atoms with Crippen LogP contribution in [0, 0.1) is 13.8 Å². The number of anilines is 1. The summed E-state index contributed by atoms with van der Waals surface area (Å²) in [5, 5.41) is 0. The van der Waals surface area contributed by atoms with Crippen molar-refractivity contribution in [1.82, 2.24) is 4.90 Å². The Morgan fingerprint density at radius 3 is 2.13 bits per heavy atom. The average Bonchev–Trinajstić information content (AvgIpc) is 3.08. The van der Waals surface area contributed by atoms with Crippen molar-refractivity contribution in [1.29, 1.82) is 0 Å². The van der Waals surface area contributed by atoms with Crippen LogP contribution in [0.25, 0.3) is 0 Å². The minimum Gasteiger partial charge on any atom is -0.341 e. The first kappa shape index (κ1) is 19.9. The Morgan fingerprint density at radius 2 is 1.50 bits per heavy atom. The van der Waals surface area contributed by atoms with Crippen molar-refractivity contribution >= 4 is 17.6 Å². The third kappa shape index (κ3) is 4.13. The summed E-state index contributed by atoms with van der Waals surface area (Å²) in [6, 6.07) is 26.1. The van der Waals surface area contributed by atoms with E-state index in [1.165, 1.54) is 11.1 Å². The second-order valence-electron chi connectivity index (χ2n) is 7.92. The molecule has 4 heteroatoms. The fraction of sp³-hybridized carbons (Fsp3) is 0.231. The van der Waals surface area contributed by atoms with E-state index in [9.17, 15) is 4.79 Å². The first-order valence-corrected chi connectivity index (χ1v) is 10.3. The Hall–Kier alpha value is -3.40. The SMILES string of the molecule is Cc1ccc(N2C(=O)C(Cc3ccccc3)N=C2N(C)Cc2ccccc2)cc1C. The molecule has 3 aromatic rings. The highest BCUT2D eigenvalue weighted by Gasteiger charge is 2.37. The van der Waals surface area contributed by atoms with Gasteiger partial charge in [0.25, 0.3) is 5.91 Å². The van der Waals surface area contributed by atoms with Crippen molar-refractivity contribution in [3.8, 4) is 0 Å². The van der Waals surface area contributed by atoms with Gasteiger partial charge in [0.15, 0.2) is 0 Å². The van der Waals surface area contributed by atoms with Gasteiger partial charge in [-0.2, -0.15) is 0 Å². The van der Waals surface area contributed by atoms with Gasteiger partial charge < -0.3 is 4.90 Å². The fourth-order valence-electron chi connectivity index (χ4n) is 3.77. The van der Waals surface area contributed by atoms with Gasteiger partial charge in [0.2, 0.25) is 5.96 Å². The number of amides is 1. The molecule has 1 unspecified atom stereocenters. The van der Waals surface area contributed by atoms with E-state index in [0.717, 1.165) is 16.8 Å². The lowest BCUT2D eigenvalue weighted by molar-refractivity contribution is -0.118. The Labute approximate surface area is 178 Å². The van der Waals surface area contributed by atoms with Crippen molar-refractivity contribution < 1.29 is 4.79 Å². The molecule has 0 saturated heterocycles. The molecule has 1 aliphatic heterocycles. The van der Waals surface area contributed by atoms with Gasteiger partial charge in [-0.25, -0.2) is 9.89 Å². The number of aliphatic imine (C=N–C) groups is 1. The zero-order valence-corrected chi connectivity index (χ0v) is 17.7. The molecule has 0 saturated carbocycles. The number of rotatable bonds is 5. The third-order valence-electron chi connectivity index (χ3n) is 5.60. The van der Waals surface area contributed by atoms with Crippen molar-refractivity contribution in [3.63, 3.8) is 0 Å². The maximum atomic E-state index is 13.5. The molecule has 30 heavy (non-hydrogen) atoms. The van der Waals surface area contributed by atoms with Crippen LogP contribution in [0.4, 0.5) is 5.69 Å². The topological polar surface area (TPSA) is 35.9 Å². The quantitative estimate of drug-likeness (QED) is 0.623. The summed E-state index contributed by atoms with van der Waals surface area (Å²) in [5.41, 5.74) is 5.55. The Kier molecular flexibility index (Phi) is 5.66. The predicted molar refractivity (Wildman–Crippen MR) is 123 cm³/mol.